The Balaban J connectivity index is 1.50. The summed E-state index contributed by atoms with van der Waals surface area (Å²) in [5.41, 5.74) is 0.991. The Hall–Kier alpha value is -2.90. The highest BCUT2D eigenvalue weighted by Gasteiger charge is 2.16. The molecule has 0 radical (unpaired) electrons. The van der Waals surface area contributed by atoms with Gasteiger partial charge in [-0.15, -0.1) is 0 Å². The van der Waals surface area contributed by atoms with E-state index in [1.54, 1.807) is 19.2 Å². The normalized spacial score (nSPS) is 11.3. The smallest absolute Gasteiger partial charge is 0.321 e. The standard InChI is InChI=1S/C21H21NO5S/c1-26-19-9-6-16(7-10-19)12-13-27-21(23)15-22-28(24,25)20-11-8-17-4-2-3-5-18(17)14-20/h2-11,14,22H,12-13,15H2,1H3. The number of nitrogens with one attached hydrogen (secondary N) is 1. The molecule has 0 aliphatic rings. The molecule has 0 aliphatic heterocycles. The van der Waals surface area contributed by atoms with Crippen LogP contribution in [0.1, 0.15) is 5.56 Å². The van der Waals surface area contributed by atoms with Crippen LogP contribution in [0, 0.1) is 0 Å². The van der Waals surface area contributed by atoms with E-state index in [2.05, 4.69) is 4.72 Å². The number of methoxy groups -OCH3 is 1. The lowest BCUT2D eigenvalue weighted by molar-refractivity contribution is -0.142. The first-order chi connectivity index (χ1) is 13.5. The zero-order valence-corrected chi connectivity index (χ0v) is 16.2. The molecule has 0 spiro atoms. The number of sulfonamides is 1. The molecule has 3 rings (SSSR count). The van der Waals surface area contributed by atoms with Crippen LogP contribution in [0.15, 0.2) is 71.6 Å². The van der Waals surface area contributed by atoms with Crippen molar-refractivity contribution >= 4 is 26.8 Å². The molecule has 0 bridgehead atoms. The molecule has 3 aromatic carbocycles. The molecule has 0 atom stereocenters. The van der Waals surface area contributed by atoms with Crippen molar-refractivity contribution in [3.05, 3.63) is 72.3 Å². The molecule has 6 nitrogen and oxygen atoms in total. The Morgan fingerprint density at radius 3 is 2.39 bits per heavy atom. The summed E-state index contributed by atoms with van der Waals surface area (Å²) >= 11 is 0. The Bertz CT molecular complexity index is 1060. The Morgan fingerprint density at radius 1 is 0.964 bits per heavy atom. The first-order valence-corrected chi connectivity index (χ1v) is 10.2. The lowest BCUT2D eigenvalue weighted by atomic mass is 10.1. The van der Waals surface area contributed by atoms with Crippen LogP contribution in [0.4, 0.5) is 0 Å². The predicted molar refractivity (Wildman–Crippen MR) is 107 cm³/mol. The van der Waals surface area contributed by atoms with E-state index in [4.69, 9.17) is 9.47 Å². The molecule has 0 unspecified atom stereocenters. The molecule has 3 aromatic rings. The molecule has 0 aromatic heterocycles. The van der Waals surface area contributed by atoms with Crippen LogP contribution in [0.5, 0.6) is 5.75 Å². The van der Waals surface area contributed by atoms with E-state index >= 15 is 0 Å². The molecule has 0 heterocycles. The van der Waals surface area contributed by atoms with Gasteiger partial charge in [0.1, 0.15) is 12.3 Å². The van der Waals surface area contributed by atoms with Gasteiger partial charge in [-0.3, -0.25) is 4.79 Å². The van der Waals surface area contributed by atoms with E-state index in [0.29, 0.717) is 6.42 Å². The summed E-state index contributed by atoms with van der Waals surface area (Å²) in [4.78, 5) is 12.0. The second-order valence-electron chi connectivity index (χ2n) is 6.15. The van der Waals surface area contributed by atoms with Crippen molar-refractivity contribution in [2.75, 3.05) is 20.3 Å². The molecule has 0 saturated carbocycles. The van der Waals surface area contributed by atoms with Gasteiger partial charge in [-0.25, -0.2) is 8.42 Å². The first kappa shape index (κ1) is 19.9. The number of carbonyl (C=O) groups excluding carboxylic acids is 1. The topological polar surface area (TPSA) is 81.7 Å². The van der Waals surface area contributed by atoms with Gasteiger partial charge in [-0.05, 0) is 40.6 Å². The van der Waals surface area contributed by atoms with Crippen LogP contribution in [-0.2, 0) is 26.0 Å². The van der Waals surface area contributed by atoms with E-state index in [1.807, 2.05) is 48.5 Å². The minimum Gasteiger partial charge on any atom is -0.497 e. The highest BCUT2D eigenvalue weighted by Crippen LogP contribution is 2.18. The molecule has 7 heteroatoms. The molecular formula is C21H21NO5S. The highest BCUT2D eigenvalue weighted by molar-refractivity contribution is 7.89. The third kappa shape index (κ3) is 5.09. The van der Waals surface area contributed by atoms with Gasteiger partial charge in [0.05, 0.1) is 18.6 Å². The van der Waals surface area contributed by atoms with Crippen molar-refractivity contribution in [1.29, 1.82) is 0 Å². The maximum atomic E-state index is 12.4. The molecule has 0 fully saturated rings. The van der Waals surface area contributed by atoms with Gasteiger partial charge in [0, 0.05) is 6.42 Å². The zero-order chi connectivity index (χ0) is 20.0. The summed E-state index contributed by atoms with van der Waals surface area (Å²) in [6.45, 7) is -0.249. The van der Waals surface area contributed by atoms with Gasteiger partial charge in [0.2, 0.25) is 10.0 Å². The number of esters is 1. The lowest BCUT2D eigenvalue weighted by Gasteiger charge is -2.09. The maximum Gasteiger partial charge on any atom is 0.321 e. The average Bonchev–Trinajstić information content (AvgIpc) is 2.72. The van der Waals surface area contributed by atoms with Gasteiger partial charge in [-0.1, -0.05) is 42.5 Å². The average molecular weight is 399 g/mol. The van der Waals surface area contributed by atoms with Crippen molar-refractivity contribution < 1.29 is 22.7 Å². The quantitative estimate of drug-likeness (QED) is 0.589. The van der Waals surface area contributed by atoms with E-state index < -0.39 is 22.5 Å². The second-order valence-corrected chi connectivity index (χ2v) is 7.92. The molecule has 0 saturated heterocycles. The molecule has 0 aliphatic carbocycles. The molecule has 146 valence electrons. The van der Waals surface area contributed by atoms with Crippen LogP contribution >= 0.6 is 0 Å². The van der Waals surface area contributed by atoms with E-state index in [9.17, 15) is 13.2 Å². The molecular weight excluding hydrogens is 378 g/mol. The Kier molecular flexibility index (Phi) is 6.28. The largest absolute Gasteiger partial charge is 0.497 e. The number of fused-ring (bicyclic) bond motifs is 1. The van der Waals surface area contributed by atoms with Gasteiger partial charge in [0.15, 0.2) is 0 Å². The fourth-order valence-corrected chi connectivity index (χ4v) is 3.70. The fourth-order valence-electron chi connectivity index (χ4n) is 2.70. The number of hydrogen-bond donors (Lipinski definition) is 1. The second kappa shape index (κ2) is 8.86. The van der Waals surface area contributed by atoms with Crippen LogP contribution in [0.2, 0.25) is 0 Å². The molecule has 28 heavy (non-hydrogen) atoms. The minimum absolute atomic E-state index is 0.109. The number of hydrogen-bond acceptors (Lipinski definition) is 5. The predicted octanol–water partition coefficient (Wildman–Crippen LogP) is 2.91. The summed E-state index contributed by atoms with van der Waals surface area (Å²) in [6, 6.07) is 19.7. The Morgan fingerprint density at radius 2 is 1.68 bits per heavy atom. The molecule has 1 N–H and O–H groups in total. The van der Waals surface area contributed by atoms with Crippen molar-refractivity contribution in [3.8, 4) is 5.75 Å². The monoisotopic (exact) mass is 399 g/mol. The number of carbonyl (C=O) groups is 1. The third-order valence-electron chi connectivity index (χ3n) is 4.25. The van der Waals surface area contributed by atoms with Gasteiger partial charge < -0.3 is 9.47 Å². The van der Waals surface area contributed by atoms with Crippen LogP contribution < -0.4 is 9.46 Å². The first-order valence-electron chi connectivity index (χ1n) is 8.75. The van der Waals surface area contributed by atoms with Crippen molar-refractivity contribution in [1.82, 2.24) is 4.72 Å². The SMILES string of the molecule is COc1ccc(CCOC(=O)CNS(=O)(=O)c2ccc3ccccc3c2)cc1. The summed E-state index contributed by atoms with van der Waals surface area (Å²) in [5.74, 6) is 0.127. The molecule has 0 amide bonds. The zero-order valence-electron chi connectivity index (χ0n) is 15.4. The van der Waals surface area contributed by atoms with Crippen molar-refractivity contribution in [2.24, 2.45) is 0 Å². The fraction of sp³-hybridized carbons (Fsp3) is 0.190. The van der Waals surface area contributed by atoms with Gasteiger partial charge in [0.25, 0.3) is 0 Å². The Labute approximate surface area is 164 Å². The van der Waals surface area contributed by atoms with E-state index in [1.165, 1.54) is 6.07 Å². The number of ether oxygens (including phenoxy) is 2. The van der Waals surface area contributed by atoms with E-state index in [-0.39, 0.29) is 11.5 Å². The summed E-state index contributed by atoms with van der Waals surface area (Å²) in [5, 5.41) is 1.76. The van der Waals surface area contributed by atoms with Crippen LogP contribution in [0.3, 0.4) is 0 Å². The highest BCUT2D eigenvalue weighted by atomic mass is 32.2. The van der Waals surface area contributed by atoms with E-state index in [0.717, 1.165) is 22.1 Å². The van der Waals surface area contributed by atoms with Crippen LogP contribution in [0.25, 0.3) is 10.8 Å². The van der Waals surface area contributed by atoms with Gasteiger partial charge in [-0.2, -0.15) is 4.72 Å². The third-order valence-corrected chi connectivity index (χ3v) is 5.65. The minimum atomic E-state index is -3.80. The number of benzene rings is 3. The maximum absolute atomic E-state index is 12.4. The lowest BCUT2D eigenvalue weighted by Crippen LogP contribution is -2.31. The van der Waals surface area contributed by atoms with Crippen molar-refractivity contribution in [3.63, 3.8) is 0 Å². The summed E-state index contributed by atoms with van der Waals surface area (Å²) in [7, 11) is -2.20. The number of rotatable bonds is 8. The van der Waals surface area contributed by atoms with Gasteiger partial charge >= 0.3 is 5.97 Å². The van der Waals surface area contributed by atoms with Crippen LogP contribution in [-0.4, -0.2) is 34.6 Å². The summed E-state index contributed by atoms with van der Waals surface area (Å²) in [6.07, 6.45) is 0.535. The summed E-state index contributed by atoms with van der Waals surface area (Å²) < 4.78 is 37.3. The van der Waals surface area contributed by atoms with Crippen molar-refractivity contribution in [2.45, 2.75) is 11.3 Å².